The van der Waals surface area contributed by atoms with Gasteiger partial charge >= 0.3 is 0 Å². The monoisotopic (exact) mass is 455 g/mol. The SMILES string of the molecule is CCn1c(CNC(=O)c2ccc(F)cc2)nnc1SCC(=O)Nc1ccc(C(C)C)cc1. The van der Waals surface area contributed by atoms with E-state index >= 15 is 0 Å². The van der Waals surface area contributed by atoms with Crippen LogP contribution < -0.4 is 10.6 Å². The van der Waals surface area contributed by atoms with E-state index in [1.165, 1.54) is 41.6 Å². The number of benzene rings is 2. The molecule has 0 fully saturated rings. The molecule has 0 saturated heterocycles. The van der Waals surface area contributed by atoms with Gasteiger partial charge in [0.05, 0.1) is 12.3 Å². The topological polar surface area (TPSA) is 88.9 Å². The molecule has 0 bridgehead atoms. The first kappa shape index (κ1) is 23.5. The van der Waals surface area contributed by atoms with Crippen molar-refractivity contribution < 1.29 is 14.0 Å². The molecule has 32 heavy (non-hydrogen) atoms. The summed E-state index contributed by atoms with van der Waals surface area (Å²) in [6.07, 6.45) is 0. The fourth-order valence-electron chi connectivity index (χ4n) is 3.02. The van der Waals surface area contributed by atoms with E-state index in [4.69, 9.17) is 0 Å². The molecule has 0 aliphatic rings. The summed E-state index contributed by atoms with van der Waals surface area (Å²) in [5, 5.41) is 14.5. The third kappa shape index (κ3) is 6.16. The number of anilines is 1. The van der Waals surface area contributed by atoms with Gasteiger partial charge in [0.15, 0.2) is 11.0 Å². The lowest BCUT2D eigenvalue weighted by Crippen LogP contribution is -2.24. The smallest absolute Gasteiger partial charge is 0.251 e. The van der Waals surface area contributed by atoms with E-state index in [9.17, 15) is 14.0 Å². The molecular weight excluding hydrogens is 429 g/mol. The Morgan fingerprint density at radius 3 is 2.38 bits per heavy atom. The van der Waals surface area contributed by atoms with Crippen LogP contribution in [0.5, 0.6) is 0 Å². The molecule has 168 valence electrons. The number of halogens is 1. The van der Waals surface area contributed by atoms with Crippen LogP contribution in [0.3, 0.4) is 0 Å². The normalized spacial score (nSPS) is 10.9. The summed E-state index contributed by atoms with van der Waals surface area (Å²) in [4.78, 5) is 24.6. The largest absolute Gasteiger partial charge is 0.345 e. The van der Waals surface area contributed by atoms with Crippen molar-refractivity contribution in [1.29, 1.82) is 0 Å². The summed E-state index contributed by atoms with van der Waals surface area (Å²) in [6, 6.07) is 13.1. The molecule has 2 aromatic carbocycles. The molecule has 0 spiro atoms. The van der Waals surface area contributed by atoms with E-state index in [2.05, 4.69) is 34.7 Å². The van der Waals surface area contributed by atoms with Gasteiger partial charge in [-0.3, -0.25) is 9.59 Å². The minimum atomic E-state index is -0.398. The molecule has 2 N–H and O–H groups in total. The standard InChI is InChI=1S/C23H26FN5O2S/c1-4-29-20(13-25-22(31)17-5-9-18(24)10-6-17)27-28-23(29)32-14-21(30)26-19-11-7-16(8-12-19)15(2)3/h5-12,15H,4,13-14H2,1-3H3,(H,25,31)(H,26,30). The minimum Gasteiger partial charge on any atom is -0.345 e. The van der Waals surface area contributed by atoms with Crippen LogP contribution in [0, 0.1) is 5.82 Å². The molecular formula is C23H26FN5O2S. The first-order valence-corrected chi connectivity index (χ1v) is 11.3. The Kier molecular flexibility index (Phi) is 7.99. The van der Waals surface area contributed by atoms with Gasteiger partial charge in [-0.2, -0.15) is 0 Å². The summed E-state index contributed by atoms with van der Waals surface area (Å²) in [7, 11) is 0. The van der Waals surface area contributed by atoms with Crippen LogP contribution >= 0.6 is 11.8 Å². The van der Waals surface area contributed by atoms with Gasteiger partial charge in [0.1, 0.15) is 5.82 Å². The highest BCUT2D eigenvalue weighted by molar-refractivity contribution is 7.99. The fraction of sp³-hybridized carbons (Fsp3) is 0.304. The van der Waals surface area contributed by atoms with Crippen LogP contribution in [0.2, 0.25) is 0 Å². The highest BCUT2D eigenvalue weighted by Gasteiger charge is 2.15. The van der Waals surface area contributed by atoms with E-state index in [-0.39, 0.29) is 24.1 Å². The molecule has 0 saturated carbocycles. The fourth-order valence-corrected chi connectivity index (χ4v) is 3.84. The van der Waals surface area contributed by atoms with Crippen molar-refractivity contribution in [2.75, 3.05) is 11.1 Å². The van der Waals surface area contributed by atoms with Crippen molar-refractivity contribution in [3.63, 3.8) is 0 Å². The Hall–Kier alpha value is -3.20. The number of nitrogens with one attached hydrogen (secondary N) is 2. The maximum absolute atomic E-state index is 13.0. The van der Waals surface area contributed by atoms with Gasteiger partial charge < -0.3 is 15.2 Å². The molecule has 1 aromatic heterocycles. The molecule has 0 atom stereocenters. The van der Waals surface area contributed by atoms with Crippen molar-refractivity contribution in [2.24, 2.45) is 0 Å². The van der Waals surface area contributed by atoms with Gasteiger partial charge in [-0.15, -0.1) is 10.2 Å². The zero-order valence-electron chi connectivity index (χ0n) is 18.3. The van der Waals surface area contributed by atoms with E-state index < -0.39 is 5.82 Å². The summed E-state index contributed by atoms with van der Waals surface area (Å²) >= 11 is 1.28. The summed E-state index contributed by atoms with van der Waals surface area (Å²) < 4.78 is 14.9. The van der Waals surface area contributed by atoms with Crippen molar-refractivity contribution >= 4 is 29.3 Å². The number of hydrogen-bond acceptors (Lipinski definition) is 5. The van der Waals surface area contributed by atoms with Crippen molar-refractivity contribution in [2.45, 2.75) is 44.9 Å². The third-order valence-corrected chi connectivity index (χ3v) is 5.78. The van der Waals surface area contributed by atoms with Crippen LogP contribution in [0.15, 0.2) is 53.7 Å². The molecule has 0 unspecified atom stereocenters. The molecule has 1 heterocycles. The van der Waals surface area contributed by atoms with E-state index in [1.807, 2.05) is 35.8 Å². The van der Waals surface area contributed by atoms with Gasteiger partial charge in [-0.1, -0.05) is 37.7 Å². The highest BCUT2D eigenvalue weighted by Crippen LogP contribution is 2.20. The van der Waals surface area contributed by atoms with Gasteiger partial charge in [0, 0.05) is 17.8 Å². The van der Waals surface area contributed by atoms with Crippen molar-refractivity contribution in [3.05, 3.63) is 71.3 Å². The Morgan fingerprint density at radius 2 is 1.75 bits per heavy atom. The predicted molar refractivity (Wildman–Crippen MR) is 123 cm³/mol. The Morgan fingerprint density at radius 1 is 1.06 bits per heavy atom. The second-order valence-electron chi connectivity index (χ2n) is 7.45. The zero-order chi connectivity index (χ0) is 23.1. The molecule has 9 heteroatoms. The van der Waals surface area contributed by atoms with E-state index in [0.717, 1.165) is 5.69 Å². The lowest BCUT2D eigenvalue weighted by molar-refractivity contribution is -0.113. The van der Waals surface area contributed by atoms with Crippen LogP contribution in [-0.2, 0) is 17.9 Å². The number of amides is 2. The average molecular weight is 456 g/mol. The average Bonchev–Trinajstić information content (AvgIpc) is 3.18. The van der Waals surface area contributed by atoms with Gasteiger partial charge in [0.2, 0.25) is 5.91 Å². The van der Waals surface area contributed by atoms with E-state index in [1.54, 1.807) is 0 Å². The quantitative estimate of drug-likeness (QED) is 0.472. The lowest BCUT2D eigenvalue weighted by Gasteiger charge is -2.10. The number of thioether (sulfide) groups is 1. The van der Waals surface area contributed by atoms with Gasteiger partial charge in [-0.25, -0.2) is 4.39 Å². The first-order valence-electron chi connectivity index (χ1n) is 10.4. The van der Waals surface area contributed by atoms with Crippen LogP contribution in [0.4, 0.5) is 10.1 Å². The molecule has 0 aliphatic heterocycles. The summed E-state index contributed by atoms with van der Waals surface area (Å²) in [5.74, 6) is 0.342. The number of nitrogens with zero attached hydrogens (tertiary/aromatic N) is 3. The molecule has 0 aliphatic carbocycles. The summed E-state index contributed by atoms with van der Waals surface area (Å²) in [6.45, 7) is 6.95. The summed E-state index contributed by atoms with van der Waals surface area (Å²) in [5.41, 5.74) is 2.33. The highest BCUT2D eigenvalue weighted by atomic mass is 32.2. The van der Waals surface area contributed by atoms with Crippen LogP contribution in [0.25, 0.3) is 0 Å². The first-order chi connectivity index (χ1) is 15.4. The Balaban J connectivity index is 1.54. The maximum atomic E-state index is 13.0. The molecule has 3 aromatic rings. The second-order valence-corrected chi connectivity index (χ2v) is 8.39. The van der Waals surface area contributed by atoms with Crippen molar-refractivity contribution in [1.82, 2.24) is 20.1 Å². The Labute approximate surface area is 190 Å². The van der Waals surface area contributed by atoms with Crippen molar-refractivity contribution in [3.8, 4) is 0 Å². The number of hydrogen-bond donors (Lipinski definition) is 2. The minimum absolute atomic E-state index is 0.135. The third-order valence-electron chi connectivity index (χ3n) is 4.82. The van der Waals surface area contributed by atoms with Gasteiger partial charge in [-0.05, 0) is 54.8 Å². The number of aromatic nitrogens is 3. The number of carbonyl (C=O) groups is 2. The zero-order valence-corrected chi connectivity index (χ0v) is 19.1. The Bertz CT molecular complexity index is 1060. The lowest BCUT2D eigenvalue weighted by atomic mass is 10.0. The number of carbonyl (C=O) groups excluding carboxylic acids is 2. The van der Waals surface area contributed by atoms with E-state index in [0.29, 0.717) is 29.0 Å². The number of rotatable bonds is 9. The second kappa shape index (κ2) is 10.9. The molecule has 3 rings (SSSR count). The van der Waals surface area contributed by atoms with Crippen LogP contribution in [-0.4, -0.2) is 32.3 Å². The van der Waals surface area contributed by atoms with Gasteiger partial charge in [0.25, 0.3) is 5.91 Å². The molecule has 2 amide bonds. The molecule has 7 nitrogen and oxygen atoms in total. The maximum Gasteiger partial charge on any atom is 0.251 e. The predicted octanol–water partition coefficient (Wildman–Crippen LogP) is 4.22. The molecule has 0 radical (unpaired) electrons. The van der Waals surface area contributed by atoms with Crippen LogP contribution in [0.1, 0.15) is 48.4 Å².